The predicted molar refractivity (Wildman–Crippen MR) is 77.4 cm³/mol. The highest BCUT2D eigenvalue weighted by Gasteiger charge is 2.26. The zero-order valence-corrected chi connectivity index (χ0v) is 11.8. The lowest BCUT2D eigenvalue weighted by molar-refractivity contribution is 0.124. The van der Waals surface area contributed by atoms with Gasteiger partial charge in [0.15, 0.2) is 0 Å². The molecule has 1 fully saturated rings. The number of hydrogen-bond donors (Lipinski definition) is 1. The maximum absolute atomic E-state index is 13.9. The van der Waals surface area contributed by atoms with E-state index in [0.29, 0.717) is 0 Å². The molecule has 1 atom stereocenters. The van der Waals surface area contributed by atoms with Crippen LogP contribution in [0.1, 0.15) is 44.2 Å². The van der Waals surface area contributed by atoms with E-state index in [1.165, 1.54) is 12.8 Å². The van der Waals surface area contributed by atoms with Gasteiger partial charge in [0, 0.05) is 11.6 Å². The van der Waals surface area contributed by atoms with Crippen LogP contribution in [0.25, 0.3) is 0 Å². The molecule has 0 bridgehead atoms. The van der Waals surface area contributed by atoms with E-state index in [1.807, 2.05) is 12.1 Å². The Morgan fingerprint density at radius 2 is 2.00 bits per heavy atom. The molecule has 1 aromatic rings. The van der Waals surface area contributed by atoms with Crippen LogP contribution in [0.4, 0.5) is 4.39 Å². The van der Waals surface area contributed by atoms with E-state index in [4.69, 9.17) is 5.73 Å². The number of nitrogens with two attached hydrogens (primary N) is 1. The molecule has 1 aliphatic rings. The predicted octanol–water partition coefficient (Wildman–Crippen LogP) is 3.34. The van der Waals surface area contributed by atoms with Crippen molar-refractivity contribution < 1.29 is 4.39 Å². The van der Waals surface area contributed by atoms with Gasteiger partial charge in [0.05, 0.1) is 0 Å². The summed E-state index contributed by atoms with van der Waals surface area (Å²) in [5.74, 6) is 0.692. The van der Waals surface area contributed by atoms with Crippen LogP contribution in [0.3, 0.4) is 0 Å². The van der Waals surface area contributed by atoms with Crippen LogP contribution in [0.15, 0.2) is 24.3 Å². The zero-order chi connectivity index (χ0) is 13.7. The van der Waals surface area contributed by atoms with Crippen LogP contribution >= 0.6 is 0 Å². The average molecular weight is 264 g/mol. The molecular weight excluding hydrogens is 239 g/mol. The van der Waals surface area contributed by atoms with Gasteiger partial charge < -0.3 is 5.73 Å². The fraction of sp³-hybridized carbons (Fsp3) is 0.625. The summed E-state index contributed by atoms with van der Waals surface area (Å²) in [6.45, 7) is 5.06. The van der Waals surface area contributed by atoms with Gasteiger partial charge in [0.25, 0.3) is 0 Å². The molecule has 0 radical (unpaired) electrons. The number of hydrogen-bond acceptors (Lipinski definition) is 2. The third-order valence-corrected chi connectivity index (χ3v) is 4.32. The van der Waals surface area contributed by atoms with Gasteiger partial charge in [-0.25, -0.2) is 4.39 Å². The summed E-state index contributed by atoms with van der Waals surface area (Å²) < 4.78 is 13.9. The molecule has 0 amide bonds. The number of nitrogens with zero attached hydrogens (tertiary/aromatic N) is 1. The first-order valence-electron chi connectivity index (χ1n) is 7.44. The first kappa shape index (κ1) is 14.5. The summed E-state index contributed by atoms with van der Waals surface area (Å²) >= 11 is 0. The smallest absolute Gasteiger partial charge is 0.127 e. The van der Waals surface area contributed by atoms with Crippen LogP contribution in [-0.2, 0) is 0 Å². The minimum atomic E-state index is -0.0709. The van der Waals surface area contributed by atoms with Crippen molar-refractivity contribution in [3.63, 3.8) is 0 Å². The topological polar surface area (TPSA) is 29.3 Å². The summed E-state index contributed by atoms with van der Waals surface area (Å²) in [5.41, 5.74) is 6.48. The molecule has 1 unspecified atom stereocenters. The highest BCUT2D eigenvalue weighted by Crippen LogP contribution is 2.31. The van der Waals surface area contributed by atoms with E-state index >= 15 is 0 Å². The second kappa shape index (κ2) is 7.01. The van der Waals surface area contributed by atoms with Crippen LogP contribution < -0.4 is 5.73 Å². The number of halogens is 1. The fourth-order valence-electron chi connectivity index (χ4n) is 3.21. The van der Waals surface area contributed by atoms with Crippen molar-refractivity contribution in [1.82, 2.24) is 4.90 Å². The molecule has 0 aromatic heterocycles. The molecule has 3 heteroatoms. The molecule has 1 aromatic carbocycles. The van der Waals surface area contributed by atoms with Crippen molar-refractivity contribution in [2.75, 3.05) is 19.6 Å². The van der Waals surface area contributed by atoms with Gasteiger partial charge in [-0.15, -0.1) is 0 Å². The molecule has 19 heavy (non-hydrogen) atoms. The fourth-order valence-corrected chi connectivity index (χ4v) is 3.21. The van der Waals surface area contributed by atoms with E-state index < -0.39 is 0 Å². The van der Waals surface area contributed by atoms with Crippen LogP contribution in [0, 0.1) is 11.7 Å². The largest absolute Gasteiger partial charge is 0.330 e. The maximum Gasteiger partial charge on any atom is 0.127 e. The van der Waals surface area contributed by atoms with Gasteiger partial charge in [-0.2, -0.15) is 0 Å². The van der Waals surface area contributed by atoms with Crippen molar-refractivity contribution in [2.24, 2.45) is 11.7 Å². The summed E-state index contributed by atoms with van der Waals surface area (Å²) in [6, 6.07) is 7.41. The van der Waals surface area contributed by atoms with Crippen molar-refractivity contribution in [2.45, 2.75) is 38.6 Å². The Labute approximate surface area is 115 Å². The third kappa shape index (κ3) is 3.54. The number of piperidine rings is 1. The van der Waals surface area contributed by atoms with Gasteiger partial charge in [-0.3, -0.25) is 4.90 Å². The van der Waals surface area contributed by atoms with E-state index in [1.54, 1.807) is 12.1 Å². The molecule has 0 saturated carbocycles. The number of likely N-dealkylation sites (tertiary alicyclic amines) is 1. The Bertz CT molecular complexity index is 386. The van der Waals surface area contributed by atoms with E-state index in [9.17, 15) is 4.39 Å². The summed E-state index contributed by atoms with van der Waals surface area (Å²) in [7, 11) is 0. The Hall–Kier alpha value is -0.930. The summed E-state index contributed by atoms with van der Waals surface area (Å²) in [5, 5.41) is 0. The molecule has 2 N–H and O–H groups in total. The molecule has 106 valence electrons. The Morgan fingerprint density at radius 1 is 1.32 bits per heavy atom. The van der Waals surface area contributed by atoms with Crippen molar-refractivity contribution in [3.8, 4) is 0 Å². The summed E-state index contributed by atoms with van der Waals surface area (Å²) in [4.78, 5) is 2.44. The van der Waals surface area contributed by atoms with Crippen LogP contribution in [-0.4, -0.2) is 24.5 Å². The van der Waals surface area contributed by atoms with Gasteiger partial charge in [0.1, 0.15) is 5.82 Å². The SMILES string of the molecule is CCC(c1ccccc1F)N1CCC(CCN)CC1. The van der Waals surface area contributed by atoms with E-state index in [-0.39, 0.29) is 11.9 Å². The number of rotatable bonds is 5. The minimum absolute atomic E-state index is 0.0709. The first-order chi connectivity index (χ1) is 9.26. The molecule has 0 spiro atoms. The van der Waals surface area contributed by atoms with Crippen LogP contribution in [0.2, 0.25) is 0 Å². The first-order valence-corrected chi connectivity index (χ1v) is 7.44. The normalized spacial score (nSPS) is 19.5. The lowest BCUT2D eigenvalue weighted by atomic mass is 9.91. The van der Waals surface area contributed by atoms with Gasteiger partial charge in [-0.1, -0.05) is 25.1 Å². The molecule has 1 heterocycles. The highest BCUT2D eigenvalue weighted by atomic mass is 19.1. The van der Waals surface area contributed by atoms with Crippen molar-refractivity contribution in [3.05, 3.63) is 35.6 Å². The monoisotopic (exact) mass is 264 g/mol. The molecule has 2 nitrogen and oxygen atoms in total. The lowest BCUT2D eigenvalue weighted by Gasteiger charge is -2.37. The zero-order valence-electron chi connectivity index (χ0n) is 11.8. The lowest BCUT2D eigenvalue weighted by Crippen LogP contribution is -2.37. The Morgan fingerprint density at radius 3 is 2.58 bits per heavy atom. The quantitative estimate of drug-likeness (QED) is 0.884. The van der Waals surface area contributed by atoms with Crippen molar-refractivity contribution in [1.29, 1.82) is 0 Å². The Balaban J connectivity index is 2.02. The van der Waals surface area contributed by atoms with Crippen molar-refractivity contribution >= 4 is 0 Å². The average Bonchev–Trinajstić information content (AvgIpc) is 2.44. The Kier molecular flexibility index (Phi) is 5.34. The molecule has 1 saturated heterocycles. The molecule has 0 aliphatic carbocycles. The molecule has 1 aliphatic heterocycles. The van der Waals surface area contributed by atoms with Crippen LogP contribution in [0.5, 0.6) is 0 Å². The summed E-state index contributed by atoms with van der Waals surface area (Å²) in [6.07, 6.45) is 4.48. The maximum atomic E-state index is 13.9. The standard InChI is InChI=1S/C16H25FN2/c1-2-16(14-5-3-4-6-15(14)17)19-11-8-13(7-10-18)9-12-19/h3-6,13,16H,2,7-12,18H2,1H3. The number of benzene rings is 1. The van der Waals surface area contributed by atoms with E-state index in [2.05, 4.69) is 11.8 Å². The molecule has 2 rings (SSSR count). The van der Waals surface area contributed by atoms with E-state index in [0.717, 1.165) is 44.0 Å². The van der Waals surface area contributed by atoms with Gasteiger partial charge >= 0.3 is 0 Å². The third-order valence-electron chi connectivity index (χ3n) is 4.32. The minimum Gasteiger partial charge on any atom is -0.330 e. The van der Waals surface area contributed by atoms with Gasteiger partial charge in [0.2, 0.25) is 0 Å². The second-order valence-electron chi connectivity index (χ2n) is 5.50. The van der Waals surface area contributed by atoms with Gasteiger partial charge in [-0.05, 0) is 57.3 Å². The molecular formula is C16H25FN2. The second-order valence-corrected chi connectivity index (χ2v) is 5.50. The highest BCUT2D eigenvalue weighted by molar-refractivity contribution is 5.21.